The lowest BCUT2D eigenvalue weighted by molar-refractivity contribution is 0.272. The normalized spacial score (nSPS) is 10.4. The van der Waals surface area contributed by atoms with Crippen LogP contribution in [0.25, 0.3) is 0 Å². The molecule has 0 spiro atoms. The molecule has 0 fully saturated rings. The predicted octanol–water partition coefficient (Wildman–Crippen LogP) is 1.32. The van der Waals surface area contributed by atoms with Gasteiger partial charge in [-0.25, -0.2) is 0 Å². The molecule has 1 heterocycles. The van der Waals surface area contributed by atoms with Gasteiger partial charge in [0, 0.05) is 12.1 Å². The number of nitrogens with zero attached hydrogens (tertiary/aromatic N) is 1. The Hall–Kier alpha value is -2.11. The number of aliphatic hydroxyl groups is 1. The zero-order valence-electron chi connectivity index (χ0n) is 10.4. The van der Waals surface area contributed by atoms with Gasteiger partial charge in [0.15, 0.2) is 0 Å². The van der Waals surface area contributed by atoms with E-state index in [-0.39, 0.29) is 25.5 Å². The van der Waals surface area contributed by atoms with Gasteiger partial charge < -0.3 is 20.7 Å². The molecule has 0 atom stereocenters. The van der Waals surface area contributed by atoms with Gasteiger partial charge in [-0.3, -0.25) is 4.98 Å². The monoisotopic (exact) mass is 260 g/mol. The van der Waals surface area contributed by atoms with Gasteiger partial charge in [-0.15, -0.1) is 0 Å². The Bertz CT molecular complexity index is 558. The van der Waals surface area contributed by atoms with Crippen LogP contribution in [0.2, 0.25) is 0 Å². The molecule has 0 aliphatic rings. The fourth-order valence-corrected chi connectivity index (χ4v) is 1.74. The Kier molecular flexibility index (Phi) is 4.33. The van der Waals surface area contributed by atoms with Gasteiger partial charge >= 0.3 is 0 Å². The van der Waals surface area contributed by atoms with Gasteiger partial charge in [0.2, 0.25) is 0 Å². The first kappa shape index (κ1) is 13.3. The molecular weight excluding hydrogens is 244 g/mol. The Balaban J connectivity index is 2.12. The first-order valence-corrected chi connectivity index (χ1v) is 5.94. The summed E-state index contributed by atoms with van der Waals surface area (Å²) in [5.41, 5.74) is 7.45. The van der Waals surface area contributed by atoms with E-state index in [4.69, 9.17) is 15.6 Å². The van der Waals surface area contributed by atoms with Gasteiger partial charge in [-0.05, 0) is 24.3 Å². The Morgan fingerprint density at radius 3 is 2.58 bits per heavy atom. The van der Waals surface area contributed by atoms with Crippen LogP contribution in [-0.4, -0.2) is 15.2 Å². The molecule has 0 saturated carbocycles. The van der Waals surface area contributed by atoms with Crippen LogP contribution in [0.5, 0.6) is 11.5 Å². The van der Waals surface area contributed by atoms with Gasteiger partial charge in [-0.1, -0.05) is 12.1 Å². The van der Waals surface area contributed by atoms with E-state index < -0.39 is 0 Å². The van der Waals surface area contributed by atoms with Crippen molar-refractivity contribution in [2.24, 2.45) is 5.73 Å². The van der Waals surface area contributed by atoms with Crippen molar-refractivity contribution in [3.05, 3.63) is 53.3 Å². The highest BCUT2D eigenvalue weighted by molar-refractivity contribution is 5.43. The number of ether oxygens (including phenoxy) is 1. The van der Waals surface area contributed by atoms with Crippen LogP contribution in [0.1, 0.15) is 17.0 Å². The van der Waals surface area contributed by atoms with Crippen molar-refractivity contribution in [1.29, 1.82) is 0 Å². The zero-order chi connectivity index (χ0) is 13.7. The second kappa shape index (κ2) is 6.17. The first-order chi connectivity index (χ1) is 9.24. The summed E-state index contributed by atoms with van der Waals surface area (Å²) < 4.78 is 5.61. The summed E-state index contributed by atoms with van der Waals surface area (Å²) >= 11 is 0. The average Bonchev–Trinajstić information content (AvgIpc) is 2.45. The highest BCUT2D eigenvalue weighted by Crippen LogP contribution is 2.27. The molecule has 0 saturated heterocycles. The molecule has 0 amide bonds. The van der Waals surface area contributed by atoms with E-state index in [0.29, 0.717) is 22.7 Å². The molecule has 1 aromatic carbocycles. The molecule has 5 nitrogen and oxygen atoms in total. The highest BCUT2D eigenvalue weighted by atomic mass is 16.5. The minimum atomic E-state index is -0.103. The number of hydrogen-bond acceptors (Lipinski definition) is 5. The van der Waals surface area contributed by atoms with Crippen LogP contribution in [0.15, 0.2) is 36.4 Å². The van der Waals surface area contributed by atoms with Gasteiger partial charge in [0.25, 0.3) is 0 Å². The summed E-state index contributed by atoms with van der Waals surface area (Å²) in [6, 6.07) is 10.4. The molecule has 19 heavy (non-hydrogen) atoms. The second-order valence-corrected chi connectivity index (χ2v) is 4.03. The minimum absolute atomic E-state index is 0.103. The van der Waals surface area contributed by atoms with Crippen molar-refractivity contribution in [2.75, 3.05) is 0 Å². The number of benzene rings is 1. The third-order valence-electron chi connectivity index (χ3n) is 2.71. The molecule has 0 aliphatic carbocycles. The maximum atomic E-state index is 9.66. The van der Waals surface area contributed by atoms with Gasteiger partial charge in [0.05, 0.1) is 18.0 Å². The molecule has 0 aliphatic heterocycles. The van der Waals surface area contributed by atoms with E-state index in [1.54, 1.807) is 24.3 Å². The first-order valence-electron chi connectivity index (χ1n) is 5.94. The number of aromatic hydroxyl groups is 1. The number of pyridine rings is 1. The fraction of sp³-hybridized carbons (Fsp3) is 0.214. The van der Waals surface area contributed by atoms with Crippen LogP contribution in [0, 0.1) is 0 Å². The molecule has 0 bridgehead atoms. The van der Waals surface area contributed by atoms with Crippen molar-refractivity contribution in [2.45, 2.75) is 19.8 Å². The molecule has 1 aromatic heterocycles. The number of phenols is 1. The molecule has 100 valence electrons. The number of aromatic nitrogens is 1. The Morgan fingerprint density at radius 2 is 1.84 bits per heavy atom. The fourth-order valence-electron chi connectivity index (χ4n) is 1.74. The van der Waals surface area contributed by atoms with Crippen LogP contribution < -0.4 is 10.5 Å². The molecule has 2 rings (SSSR count). The standard InChI is InChI=1S/C14H16N2O3/c15-7-12-13(18)5-2-6-14(12)19-9-11-4-1-3-10(8-17)16-11/h1-6,17-18H,7-9,15H2. The maximum absolute atomic E-state index is 9.66. The number of phenolic OH excluding ortho intramolecular Hbond substituents is 1. The third kappa shape index (κ3) is 3.21. The van der Waals surface area contributed by atoms with E-state index in [0.717, 1.165) is 0 Å². The van der Waals surface area contributed by atoms with Crippen LogP contribution in [0.4, 0.5) is 0 Å². The van der Waals surface area contributed by atoms with E-state index >= 15 is 0 Å². The minimum Gasteiger partial charge on any atom is -0.507 e. The van der Waals surface area contributed by atoms with E-state index in [2.05, 4.69) is 4.98 Å². The number of aliphatic hydroxyl groups excluding tert-OH is 1. The molecule has 0 unspecified atom stereocenters. The summed E-state index contributed by atoms with van der Waals surface area (Å²) in [6.45, 7) is 0.352. The van der Waals surface area contributed by atoms with Crippen molar-refractivity contribution < 1.29 is 14.9 Å². The second-order valence-electron chi connectivity index (χ2n) is 4.03. The lowest BCUT2D eigenvalue weighted by atomic mass is 10.2. The van der Waals surface area contributed by atoms with Crippen molar-refractivity contribution >= 4 is 0 Å². The Labute approximate surface area is 111 Å². The van der Waals surface area contributed by atoms with Crippen molar-refractivity contribution in [3.63, 3.8) is 0 Å². The molecule has 5 heteroatoms. The summed E-state index contributed by atoms with van der Waals surface area (Å²) in [6.07, 6.45) is 0. The van der Waals surface area contributed by atoms with Crippen molar-refractivity contribution in [1.82, 2.24) is 4.98 Å². The number of hydrogen-bond donors (Lipinski definition) is 3. The summed E-state index contributed by atoms with van der Waals surface area (Å²) in [5.74, 6) is 0.663. The largest absolute Gasteiger partial charge is 0.507 e. The predicted molar refractivity (Wildman–Crippen MR) is 70.5 cm³/mol. The quantitative estimate of drug-likeness (QED) is 0.754. The van der Waals surface area contributed by atoms with E-state index in [1.165, 1.54) is 0 Å². The molecule has 2 aromatic rings. The summed E-state index contributed by atoms with van der Waals surface area (Å²) in [4.78, 5) is 4.22. The van der Waals surface area contributed by atoms with Gasteiger partial charge in [0.1, 0.15) is 18.1 Å². The van der Waals surface area contributed by atoms with Gasteiger partial charge in [-0.2, -0.15) is 0 Å². The van der Waals surface area contributed by atoms with Crippen LogP contribution in [-0.2, 0) is 19.8 Å². The SMILES string of the molecule is NCc1c(O)cccc1OCc1cccc(CO)n1. The molecule has 0 radical (unpaired) electrons. The summed E-state index contributed by atoms with van der Waals surface area (Å²) in [7, 11) is 0. The van der Waals surface area contributed by atoms with E-state index in [1.807, 2.05) is 12.1 Å². The third-order valence-corrected chi connectivity index (χ3v) is 2.71. The van der Waals surface area contributed by atoms with Crippen LogP contribution in [0.3, 0.4) is 0 Å². The topological polar surface area (TPSA) is 88.6 Å². The van der Waals surface area contributed by atoms with Crippen molar-refractivity contribution in [3.8, 4) is 11.5 Å². The Morgan fingerprint density at radius 1 is 1.11 bits per heavy atom. The number of rotatable bonds is 5. The summed E-state index contributed by atoms with van der Waals surface area (Å²) in [5, 5.41) is 18.7. The van der Waals surface area contributed by atoms with E-state index in [9.17, 15) is 5.11 Å². The lowest BCUT2D eigenvalue weighted by Gasteiger charge is -2.11. The smallest absolute Gasteiger partial charge is 0.130 e. The molecule has 4 N–H and O–H groups in total. The zero-order valence-corrected chi connectivity index (χ0v) is 10.4. The average molecular weight is 260 g/mol. The number of nitrogens with two attached hydrogens (primary N) is 1. The maximum Gasteiger partial charge on any atom is 0.130 e. The molecular formula is C14H16N2O3. The highest BCUT2D eigenvalue weighted by Gasteiger charge is 2.07. The van der Waals surface area contributed by atoms with Crippen LogP contribution >= 0.6 is 0 Å². The lowest BCUT2D eigenvalue weighted by Crippen LogP contribution is -2.05.